The molecule has 1 aromatic carbocycles. The van der Waals surface area contributed by atoms with E-state index in [-0.39, 0.29) is 22.6 Å². The zero-order valence-electron chi connectivity index (χ0n) is 11.6. The van der Waals surface area contributed by atoms with Crippen LogP contribution in [0.1, 0.15) is 25.3 Å². The second kappa shape index (κ2) is 5.85. The van der Waals surface area contributed by atoms with Crippen molar-refractivity contribution in [2.45, 2.75) is 25.8 Å². The summed E-state index contributed by atoms with van der Waals surface area (Å²) < 4.78 is 0.887. The van der Waals surface area contributed by atoms with Crippen LogP contribution in [0.25, 0.3) is 10.9 Å². The van der Waals surface area contributed by atoms with Crippen LogP contribution in [-0.2, 0) is 0 Å². The Morgan fingerprint density at radius 1 is 1.40 bits per heavy atom. The van der Waals surface area contributed by atoms with E-state index in [1.807, 2.05) is 39.1 Å². The zero-order valence-corrected chi connectivity index (χ0v) is 13.1. The minimum atomic E-state index is -0.360. The molecule has 0 saturated heterocycles. The molecule has 106 valence electrons. The molecule has 2 atom stereocenters. The Labute approximate surface area is 125 Å². The van der Waals surface area contributed by atoms with Gasteiger partial charge in [-0.2, -0.15) is 0 Å². The van der Waals surface area contributed by atoms with Crippen molar-refractivity contribution in [2.24, 2.45) is 0 Å². The molecule has 0 amide bonds. The topological polar surface area (TPSA) is 68.1 Å². The van der Waals surface area contributed by atoms with Crippen molar-refractivity contribution in [1.82, 2.24) is 10.3 Å². The highest BCUT2D eigenvalue weighted by atomic mass is 79.9. The molecule has 1 aromatic heterocycles. The number of rotatable bonds is 4. The third kappa shape index (κ3) is 2.66. The maximum Gasteiger partial charge on any atom is 0.291 e. The van der Waals surface area contributed by atoms with Gasteiger partial charge in [-0.15, -0.1) is 0 Å². The lowest BCUT2D eigenvalue weighted by molar-refractivity contribution is -0.385. The fourth-order valence-corrected chi connectivity index (χ4v) is 2.66. The Kier molecular flexibility index (Phi) is 4.35. The van der Waals surface area contributed by atoms with E-state index in [0.29, 0.717) is 0 Å². The predicted molar refractivity (Wildman–Crippen MR) is 83.0 cm³/mol. The van der Waals surface area contributed by atoms with Crippen LogP contribution in [0.15, 0.2) is 28.9 Å². The van der Waals surface area contributed by atoms with Gasteiger partial charge in [0.25, 0.3) is 5.69 Å². The Morgan fingerprint density at radius 2 is 2.10 bits per heavy atom. The monoisotopic (exact) mass is 337 g/mol. The molecule has 0 bridgehead atoms. The lowest BCUT2D eigenvalue weighted by Crippen LogP contribution is -2.27. The van der Waals surface area contributed by atoms with Crippen molar-refractivity contribution in [3.05, 3.63) is 44.5 Å². The summed E-state index contributed by atoms with van der Waals surface area (Å²) in [4.78, 5) is 15.1. The van der Waals surface area contributed by atoms with Crippen molar-refractivity contribution in [2.75, 3.05) is 7.05 Å². The summed E-state index contributed by atoms with van der Waals surface area (Å²) in [6.07, 6.45) is 1.35. The molecule has 2 rings (SSSR count). The molecule has 0 aliphatic rings. The largest absolute Gasteiger partial charge is 0.317 e. The fraction of sp³-hybridized carbons (Fsp3) is 0.357. The van der Waals surface area contributed by atoms with Crippen LogP contribution in [0, 0.1) is 10.1 Å². The Hall–Kier alpha value is -1.53. The molecule has 2 unspecified atom stereocenters. The normalized spacial score (nSPS) is 14.2. The van der Waals surface area contributed by atoms with Gasteiger partial charge < -0.3 is 5.32 Å². The number of nitrogens with one attached hydrogen (secondary N) is 1. The van der Waals surface area contributed by atoms with E-state index in [4.69, 9.17) is 0 Å². The smallest absolute Gasteiger partial charge is 0.291 e. The highest BCUT2D eigenvalue weighted by Crippen LogP contribution is 2.35. The van der Waals surface area contributed by atoms with E-state index in [2.05, 4.69) is 26.2 Å². The maximum absolute atomic E-state index is 11.3. The zero-order chi connectivity index (χ0) is 14.9. The highest BCUT2D eigenvalue weighted by Gasteiger charge is 2.25. The molecule has 2 aromatic rings. The third-order valence-electron chi connectivity index (χ3n) is 3.71. The summed E-state index contributed by atoms with van der Waals surface area (Å²) in [7, 11) is 1.85. The lowest BCUT2D eigenvalue weighted by atomic mass is 9.90. The fourth-order valence-electron chi connectivity index (χ4n) is 2.30. The summed E-state index contributed by atoms with van der Waals surface area (Å²) in [5.41, 5.74) is 1.57. The summed E-state index contributed by atoms with van der Waals surface area (Å²) in [6.45, 7) is 4.00. The summed E-state index contributed by atoms with van der Waals surface area (Å²) in [5, 5.41) is 15.3. The maximum atomic E-state index is 11.3. The predicted octanol–water partition coefficient (Wildman–Crippen LogP) is 3.62. The minimum absolute atomic E-state index is 0.000185. The molecule has 0 saturated carbocycles. The average Bonchev–Trinajstić information content (AvgIpc) is 2.44. The molecule has 6 heteroatoms. The minimum Gasteiger partial charge on any atom is -0.317 e. The highest BCUT2D eigenvalue weighted by molar-refractivity contribution is 9.10. The molecule has 20 heavy (non-hydrogen) atoms. The number of nitro groups is 1. The summed E-state index contributed by atoms with van der Waals surface area (Å²) >= 11 is 3.42. The van der Waals surface area contributed by atoms with Crippen molar-refractivity contribution in [1.29, 1.82) is 0 Å². The number of benzene rings is 1. The number of hydrogen-bond acceptors (Lipinski definition) is 4. The van der Waals surface area contributed by atoms with Crippen molar-refractivity contribution in [3.63, 3.8) is 0 Å². The first-order chi connectivity index (χ1) is 9.45. The first kappa shape index (κ1) is 14.9. The van der Waals surface area contributed by atoms with Crippen LogP contribution >= 0.6 is 15.9 Å². The second-order valence-corrected chi connectivity index (χ2v) is 5.76. The van der Waals surface area contributed by atoms with Gasteiger partial charge in [0.05, 0.1) is 10.4 Å². The van der Waals surface area contributed by atoms with E-state index < -0.39 is 0 Å². The van der Waals surface area contributed by atoms with Gasteiger partial charge >= 0.3 is 0 Å². The molecule has 0 spiro atoms. The van der Waals surface area contributed by atoms with E-state index in [9.17, 15) is 10.1 Å². The van der Waals surface area contributed by atoms with Crippen molar-refractivity contribution < 1.29 is 4.92 Å². The quantitative estimate of drug-likeness (QED) is 0.683. The SMILES string of the molecule is CNC(C)C(C)c1c([N+](=O)[O-])cnc2ccc(Br)cc12. The number of fused-ring (bicyclic) bond motifs is 1. The first-order valence-electron chi connectivity index (χ1n) is 6.35. The number of likely N-dealkylation sites (N-methyl/N-ethyl adjacent to an activating group) is 1. The first-order valence-corrected chi connectivity index (χ1v) is 7.14. The van der Waals surface area contributed by atoms with E-state index in [0.717, 1.165) is 20.9 Å². The molecule has 1 heterocycles. The molecule has 0 aliphatic heterocycles. The lowest BCUT2D eigenvalue weighted by Gasteiger charge is -2.21. The molecular weight excluding hydrogens is 322 g/mol. The van der Waals surface area contributed by atoms with Crippen molar-refractivity contribution >= 4 is 32.5 Å². The number of halogens is 1. The number of pyridine rings is 1. The van der Waals surface area contributed by atoms with E-state index >= 15 is 0 Å². The number of aromatic nitrogens is 1. The molecule has 0 radical (unpaired) electrons. The van der Waals surface area contributed by atoms with Crippen LogP contribution in [0.2, 0.25) is 0 Å². The van der Waals surface area contributed by atoms with Gasteiger partial charge in [0, 0.05) is 27.4 Å². The van der Waals surface area contributed by atoms with Gasteiger partial charge in [-0.25, -0.2) is 4.98 Å². The van der Waals surface area contributed by atoms with Crippen LogP contribution in [0.5, 0.6) is 0 Å². The average molecular weight is 338 g/mol. The van der Waals surface area contributed by atoms with Gasteiger partial charge in [0.1, 0.15) is 6.20 Å². The molecule has 0 fully saturated rings. The third-order valence-corrected chi connectivity index (χ3v) is 4.20. The summed E-state index contributed by atoms with van der Waals surface area (Å²) in [5.74, 6) is 0.000185. The van der Waals surface area contributed by atoms with Crippen LogP contribution in [0.4, 0.5) is 5.69 Å². The summed E-state index contributed by atoms with van der Waals surface area (Å²) in [6, 6.07) is 5.77. The van der Waals surface area contributed by atoms with Gasteiger partial charge in [0.2, 0.25) is 0 Å². The molecule has 0 aliphatic carbocycles. The van der Waals surface area contributed by atoms with Gasteiger partial charge in [-0.1, -0.05) is 22.9 Å². The van der Waals surface area contributed by atoms with Gasteiger partial charge in [0.15, 0.2) is 0 Å². The van der Waals surface area contributed by atoms with E-state index in [1.165, 1.54) is 6.20 Å². The van der Waals surface area contributed by atoms with Crippen LogP contribution in [-0.4, -0.2) is 23.0 Å². The standard InChI is InChI=1S/C14H16BrN3O2/c1-8(9(2)16-3)14-11-6-10(15)4-5-12(11)17-7-13(14)18(19)20/h4-9,16H,1-3H3. The molecule has 1 N–H and O–H groups in total. The Morgan fingerprint density at radius 3 is 2.70 bits per heavy atom. The second-order valence-electron chi connectivity index (χ2n) is 4.84. The molecule has 5 nitrogen and oxygen atoms in total. The van der Waals surface area contributed by atoms with Crippen LogP contribution < -0.4 is 5.32 Å². The van der Waals surface area contributed by atoms with Gasteiger partial charge in [-0.05, 0) is 32.2 Å². The Bertz CT molecular complexity index is 660. The van der Waals surface area contributed by atoms with Gasteiger partial charge in [-0.3, -0.25) is 10.1 Å². The van der Waals surface area contributed by atoms with Crippen LogP contribution in [0.3, 0.4) is 0 Å². The van der Waals surface area contributed by atoms with Crippen molar-refractivity contribution in [3.8, 4) is 0 Å². The van der Waals surface area contributed by atoms with E-state index in [1.54, 1.807) is 0 Å². The number of nitrogens with zero attached hydrogens (tertiary/aromatic N) is 2. The Balaban J connectivity index is 2.77. The molecular formula is C14H16BrN3O2. The number of hydrogen-bond donors (Lipinski definition) is 1.